The number of carboxylic acid groups (broad SMARTS) is 1. The summed E-state index contributed by atoms with van der Waals surface area (Å²) in [6, 6.07) is 0. The van der Waals surface area contributed by atoms with E-state index in [0.29, 0.717) is 5.82 Å². The van der Waals surface area contributed by atoms with Crippen LogP contribution in [0.3, 0.4) is 0 Å². The molecule has 2 aromatic rings. The number of nitrogens with zero attached hydrogens (tertiary/aromatic N) is 3. The quantitative estimate of drug-likeness (QED) is 0.406. The van der Waals surface area contributed by atoms with Gasteiger partial charge in [-0.2, -0.15) is 0 Å². The molecule has 3 rings (SSSR count). The Labute approximate surface area is 174 Å². The highest BCUT2D eigenvalue weighted by Crippen LogP contribution is 2.23. The molecule has 0 bridgehead atoms. The molecule has 0 radical (unpaired) electrons. The Balaban J connectivity index is 0.000000941. The van der Waals surface area contributed by atoms with Gasteiger partial charge < -0.3 is 20.7 Å². The predicted octanol–water partition coefficient (Wildman–Crippen LogP) is 4.17. The van der Waals surface area contributed by atoms with Crippen molar-refractivity contribution in [3.05, 3.63) is 17.6 Å². The molecule has 29 heavy (non-hydrogen) atoms. The zero-order valence-corrected chi connectivity index (χ0v) is 17.8. The number of unbranched alkanes of at least 4 members (excludes halogenated alkanes) is 4. The van der Waals surface area contributed by atoms with E-state index in [2.05, 4.69) is 28.0 Å². The summed E-state index contributed by atoms with van der Waals surface area (Å²) in [5.74, 6) is 1.48. The summed E-state index contributed by atoms with van der Waals surface area (Å²) in [5.41, 5.74) is 9.36. The molecule has 1 aliphatic rings. The Morgan fingerprint density at radius 2 is 1.83 bits per heavy atom. The lowest BCUT2D eigenvalue weighted by Crippen LogP contribution is -2.30. The minimum Gasteiger partial charge on any atom is -0.483 e. The Kier molecular flexibility index (Phi) is 10.5. The summed E-state index contributed by atoms with van der Waals surface area (Å²) in [5, 5.41) is 6.89. The van der Waals surface area contributed by atoms with Crippen LogP contribution < -0.4 is 5.73 Å². The smallest absolute Gasteiger partial charge is 0.290 e. The molecule has 162 valence electrons. The predicted molar refractivity (Wildman–Crippen MR) is 118 cm³/mol. The van der Waals surface area contributed by atoms with Crippen LogP contribution in [0.1, 0.15) is 76.1 Å². The maximum atomic E-state index is 8.36. The van der Waals surface area contributed by atoms with E-state index in [-0.39, 0.29) is 6.47 Å². The molecule has 0 aliphatic carbocycles. The number of hydrogen-bond acceptors (Lipinski definition) is 5. The lowest BCUT2D eigenvalue weighted by atomic mass is 10.1. The van der Waals surface area contributed by atoms with Crippen molar-refractivity contribution in [3.8, 4) is 0 Å². The van der Waals surface area contributed by atoms with Crippen molar-refractivity contribution < 1.29 is 9.90 Å². The fraction of sp³-hybridized carbons (Fsp3) is 0.682. The molecule has 1 aliphatic heterocycles. The van der Waals surface area contributed by atoms with Gasteiger partial charge in [0.15, 0.2) is 5.82 Å². The van der Waals surface area contributed by atoms with Crippen LogP contribution in [0, 0.1) is 0 Å². The van der Waals surface area contributed by atoms with Gasteiger partial charge in [0.25, 0.3) is 6.47 Å². The second-order valence-electron chi connectivity index (χ2n) is 7.84. The second-order valence-corrected chi connectivity index (χ2v) is 7.84. The van der Waals surface area contributed by atoms with E-state index < -0.39 is 0 Å². The molecular weight excluding hydrogens is 366 g/mol. The van der Waals surface area contributed by atoms with Crippen molar-refractivity contribution >= 4 is 23.3 Å². The van der Waals surface area contributed by atoms with Crippen molar-refractivity contribution in [1.29, 1.82) is 0 Å². The Morgan fingerprint density at radius 1 is 1.10 bits per heavy atom. The number of carbonyl (C=O) groups is 1. The number of fused-ring (bicyclic) bond motifs is 1. The van der Waals surface area contributed by atoms with Gasteiger partial charge in [-0.3, -0.25) is 4.79 Å². The third-order valence-electron chi connectivity index (χ3n) is 5.55. The number of rotatable bonds is 10. The summed E-state index contributed by atoms with van der Waals surface area (Å²) in [6.07, 6.45) is 15.7. The minimum absolute atomic E-state index is 0.250. The fourth-order valence-electron chi connectivity index (χ4n) is 3.95. The van der Waals surface area contributed by atoms with E-state index in [1.165, 1.54) is 70.1 Å². The normalized spacial score (nSPS) is 14.5. The third kappa shape index (κ3) is 7.65. The number of piperidine rings is 1. The van der Waals surface area contributed by atoms with E-state index in [9.17, 15) is 0 Å². The minimum atomic E-state index is -0.250. The van der Waals surface area contributed by atoms with Crippen molar-refractivity contribution in [1.82, 2.24) is 19.9 Å². The highest BCUT2D eigenvalue weighted by molar-refractivity contribution is 5.87. The number of nitrogens with one attached hydrogen (secondary N) is 1. The summed E-state index contributed by atoms with van der Waals surface area (Å²) in [4.78, 5) is 23.5. The molecule has 0 aromatic carbocycles. The molecule has 4 N–H and O–H groups in total. The molecule has 7 nitrogen and oxygen atoms in total. The lowest BCUT2D eigenvalue weighted by molar-refractivity contribution is -0.122. The van der Waals surface area contributed by atoms with Crippen molar-refractivity contribution in [2.75, 3.05) is 25.4 Å². The second kappa shape index (κ2) is 13.1. The summed E-state index contributed by atoms with van der Waals surface area (Å²) in [7, 11) is 0. The fourth-order valence-corrected chi connectivity index (χ4v) is 3.95. The monoisotopic (exact) mass is 403 g/mol. The zero-order chi connectivity index (χ0) is 20.9. The average molecular weight is 404 g/mol. The summed E-state index contributed by atoms with van der Waals surface area (Å²) in [6.45, 7) is 5.86. The van der Waals surface area contributed by atoms with Gasteiger partial charge in [0.2, 0.25) is 0 Å². The van der Waals surface area contributed by atoms with Crippen LogP contribution in [0.15, 0.2) is 6.20 Å². The highest BCUT2D eigenvalue weighted by Gasteiger charge is 2.12. The third-order valence-corrected chi connectivity index (χ3v) is 5.55. The zero-order valence-electron chi connectivity index (χ0n) is 17.8. The van der Waals surface area contributed by atoms with E-state index >= 15 is 0 Å². The van der Waals surface area contributed by atoms with Gasteiger partial charge in [0.05, 0.1) is 5.52 Å². The molecule has 0 saturated carbocycles. The van der Waals surface area contributed by atoms with Crippen LogP contribution in [0.2, 0.25) is 0 Å². The topological polar surface area (TPSA) is 108 Å². The van der Waals surface area contributed by atoms with Crippen LogP contribution >= 0.6 is 0 Å². The van der Waals surface area contributed by atoms with E-state index in [1.54, 1.807) is 0 Å². The highest BCUT2D eigenvalue weighted by atomic mass is 16.3. The average Bonchev–Trinajstić information content (AvgIpc) is 3.14. The number of nitrogens with two attached hydrogens (primary N) is 1. The van der Waals surface area contributed by atoms with Gasteiger partial charge in [0, 0.05) is 12.6 Å². The molecule has 0 spiro atoms. The van der Waals surface area contributed by atoms with Crippen LogP contribution in [0.4, 0.5) is 5.82 Å². The van der Waals surface area contributed by atoms with Crippen molar-refractivity contribution in [3.63, 3.8) is 0 Å². The lowest BCUT2D eigenvalue weighted by Gasteiger charge is -2.26. The van der Waals surface area contributed by atoms with E-state index in [1.807, 2.05) is 0 Å². The number of aromatic amines is 1. The first-order valence-corrected chi connectivity index (χ1v) is 11.1. The number of aryl methyl sites for hydroxylation is 2. The molecule has 3 heterocycles. The summed E-state index contributed by atoms with van der Waals surface area (Å²) >= 11 is 0. The number of hydrogen-bond donors (Lipinski definition) is 3. The molecule has 1 fully saturated rings. The van der Waals surface area contributed by atoms with Crippen LogP contribution in [0.25, 0.3) is 11.0 Å². The molecule has 0 atom stereocenters. The van der Waals surface area contributed by atoms with Crippen molar-refractivity contribution in [2.45, 2.75) is 77.6 Å². The van der Waals surface area contributed by atoms with Gasteiger partial charge >= 0.3 is 0 Å². The Bertz CT molecular complexity index is 725. The van der Waals surface area contributed by atoms with Gasteiger partial charge in [-0.1, -0.05) is 32.6 Å². The molecule has 0 amide bonds. The Hall–Kier alpha value is -2.15. The number of H-pyrrole nitrogens is 1. The maximum Gasteiger partial charge on any atom is 0.290 e. The largest absolute Gasteiger partial charge is 0.483 e. The first-order chi connectivity index (χ1) is 14.2. The van der Waals surface area contributed by atoms with Gasteiger partial charge in [-0.15, -0.1) is 0 Å². The molecule has 1 saturated heterocycles. The first kappa shape index (κ1) is 23.1. The van der Waals surface area contributed by atoms with Crippen LogP contribution in [0.5, 0.6) is 0 Å². The maximum absolute atomic E-state index is 8.36. The molecular formula is C22H37N5O2. The van der Waals surface area contributed by atoms with E-state index in [4.69, 9.17) is 20.6 Å². The SMILES string of the molecule is CCCCc1nc(N)c2[nH]cc(CCCCCCN3CCCCC3)c2n1.O=CO. The van der Waals surface area contributed by atoms with Crippen molar-refractivity contribution in [2.24, 2.45) is 0 Å². The van der Waals surface area contributed by atoms with Crippen LogP contribution in [-0.2, 0) is 17.6 Å². The molecule has 7 heteroatoms. The number of likely N-dealkylation sites (tertiary alicyclic amines) is 1. The van der Waals surface area contributed by atoms with Gasteiger partial charge in [-0.25, -0.2) is 9.97 Å². The Morgan fingerprint density at radius 3 is 2.55 bits per heavy atom. The number of aromatic nitrogens is 3. The summed E-state index contributed by atoms with van der Waals surface area (Å²) < 4.78 is 0. The molecule has 0 unspecified atom stereocenters. The van der Waals surface area contributed by atoms with E-state index in [0.717, 1.165) is 42.5 Å². The van der Waals surface area contributed by atoms with Gasteiger partial charge in [0.1, 0.15) is 11.3 Å². The first-order valence-electron chi connectivity index (χ1n) is 11.1. The van der Waals surface area contributed by atoms with Gasteiger partial charge in [-0.05, 0) is 63.7 Å². The number of anilines is 1. The number of nitrogen functional groups attached to an aromatic ring is 1. The standard InChI is InChI=1S/C21H35N5.CH2O2/c1-2-3-12-18-24-19-17(16-23-20(19)21(22)25-18)11-7-4-5-8-13-26-14-9-6-10-15-26;2-1-3/h16,23H,2-15H2,1H3,(H2,22,24,25);1H,(H,2,3). The van der Waals surface area contributed by atoms with Crippen LogP contribution in [-0.4, -0.2) is 51.1 Å². The molecule has 2 aromatic heterocycles.